The number of anilines is 1. The lowest BCUT2D eigenvalue weighted by molar-refractivity contribution is -0.116. The van der Waals surface area contributed by atoms with E-state index in [4.69, 9.17) is 9.47 Å². The van der Waals surface area contributed by atoms with E-state index in [1.165, 1.54) is 11.3 Å². The minimum absolute atomic E-state index is 0.0563. The first kappa shape index (κ1) is 17.8. The first-order valence-electron chi connectivity index (χ1n) is 9.39. The Labute approximate surface area is 171 Å². The van der Waals surface area contributed by atoms with Crippen molar-refractivity contribution in [3.8, 4) is 22.8 Å². The van der Waals surface area contributed by atoms with Crippen molar-refractivity contribution < 1.29 is 14.3 Å². The number of ether oxygens (including phenoxy) is 2. The summed E-state index contributed by atoms with van der Waals surface area (Å²) >= 11 is 1.44. The fourth-order valence-electron chi connectivity index (χ4n) is 3.59. The summed E-state index contributed by atoms with van der Waals surface area (Å²) in [7, 11) is 0. The number of aromatic amines is 1. The van der Waals surface area contributed by atoms with Crippen molar-refractivity contribution in [1.29, 1.82) is 0 Å². The monoisotopic (exact) mass is 405 g/mol. The predicted octanol–water partition coefficient (Wildman–Crippen LogP) is 4.90. The van der Waals surface area contributed by atoms with Gasteiger partial charge in [0.25, 0.3) is 0 Å². The largest absolute Gasteiger partial charge is 0.454 e. The van der Waals surface area contributed by atoms with Crippen LogP contribution in [0.4, 0.5) is 5.13 Å². The highest BCUT2D eigenvalue weighted by molar-refractivity contribution is 7.14. The molecule has 29 heavy (non-hydrogen) atoms. The van der Waals surface area contributed by atoms with Gasteiger partial charge in [-0.1, -0.05) is 24.3 Å². The molecule has 0 fully saturated rings. The Balaban J connectivity index is 1.26. The average molecular weight is 405 g/mol. The number of aromatic nitrogens is 2. The van der Waals surface area contributed by atoms with Crippen molar-refractivity contribution in [3.05, 3.63) is 59.1 Å². The zero-order valence-corrected chi connectivity index (χ0v) is 16.6. The Bertz CT molecular complexity index is 1210. The summed E-state index contributed by atoms with van der Waals surface area (Å²) in [6, 6.07) is 13.9. The number of thiazole rings is 1. The molecule has 1 aliphatic heterocycles. The summed E-state index contributed by atoms with van der Waals surface area (Å²) in [5, 5.41) is 6.65. The van der Waals surface area contributed by atoms with E-state index in [1.807, 2.05) is 42.6 Å². The number of amides is 1. The number of benzene rings is 2. The van der Waals surface area contributed by atoms with E-state index >= 15 is 0 Å². The van der Waals surface area contributed by atoms with Gasteiger partial charge in [-0.3, -0.25) is 4.79 Å². The van der Waals surface area contributed by atoms with E-state index in [2.05, 4.69) is 27.4 Å². The number of aryl methyl sites for hydroxylation is 2. The second-order valence-corrected chi connectivity index (χ2v) is 7.80. The molecule has 2 N–H and O–H groups in total. The molecular formula is C22H19N3O3S. The van der Waals surface area contributed by atoms with Crippen LogP contribution in [0.3, 0.4) is 0 Å². The smallest absolute Gasteiger partial charge is 0.231 e. The fourth-order valence-corrected chi connectivity index (χ4v) is 4.31. The molecule has 0 aliphatic carbocycles. The first-order valence-corrected chi connectivity index (χ1v) is 10.3. The maximum atomic E-state index is 12.4. The van der Waals surface area contributed by atoms with Gasteiger partial charge in [0, 0.05) is 34.0 Å². The number of hydrogen-bond acceptors (Lipinski definition) is 5. The fraction of sp³-hybridized carbons (Fsp3) is 0.182. The van der Waals surface area contributed by atoms with Crippen LogP contribution in [0.5, 0.6) is 11.5 Å². The molecule has 6 nitrogen and oxygen atoms in total. The van der Waals surface area contributed by atoms with Crippen LogP contribution < -0.4 is 14.8 Å². The number of fused-ring (bicyclic) bond motifs is 2. The Hall–Kier alpha value is -3.32. The van der Waals surface area contributed by atoms with Crippen molar-refractivity contribution in [2.75, 3.05) is 12.1 Å². The molecular weight excluding hydrogens is 386 g/mol. The maximum absolute atomic E-state index is 12.4. The lowest BCUT2D eigenvalue weighted by Crippen LogP contribution is -2.12. The number of carbonyl (C=O) groups is 1. The molecule has 0 atom stereocenters. The topological polar surface area (TPSA) is 76.2 Å². The zero-order chi connectivity index (χ0) is 19.8. The van der Waals surface area contributed by atoms with Gasteiger partial charge in [0.1, 0.15) is 0 Å². The number of hydrogen-bond donors (Lipinski definition) is 2. The molecule has 5 rings (SSSR count). The van der Waals surface area contributed by atoms with Crippen LogP contribution in [-0.4, -0.2) is 22.7 Å². The van der Waals surface area contributed by atoms with Crippen LogP contribution in [0.25, 0.3) is 22.2 Å². The Morgan fingerprint density at radius 1 is 1.21 bits per heavy atom. The van der Waals surface area contributed by atoms with E-state index in [-0.39, 0.29) is 12.7 Å². The SMILES string of the molecule is Cc1[nH]c2ccccc2c1-c1csc(NC(=O)CCc2ccc3c(c2)OCO3)n1. The highest BCUT2D eigenvalue weighted by Crippen LogP contribution is 2.34. The molecule has 2 aromatic carbocycles. The maximum Gasteiger partial charge on any atom is 0.231 e. The molecule has 1 amide bonds. The second-order valence-electron chi connectivity index (χ2n) is 6.94. The predicted molar refractivity (Wildman–Crippen MR) is 114 cm³/mol. The summed E-state index contributed by atoms with van der Waals surface area (Å²) in [6.45, 7) is 2.29. The number of para-hydroxylation sites is 1. The van der Waals surface area contributed by atoms with Crippen LogP contribution in [0, 0.1) is 6.92 Å². The Morgan fingerprint density at radius 3 is 3.00 bits per heavy atom. The molecule has 0 unspecified atom stereocenters. The number of rotatable bonds is 5. The van der Waals surface area contributed by atoms with Crippen molar-refractivity contribution >= 4 is 33.3 Å². The average Bonchev–Trinajstić information content (AvgIpc) is 3.43. The summed E-state index contributed by atoms with van der Waals surface area (Å²) in [5.41, 5.74) is 5.15. The lowest BCUT2D eigenvalue weighted by Gasteiger charge is -2.04. The van der Waals surface area contributed by atoms with Crippen LogP contribution in [-0.2, 0) is 11.2 Å². The van der Waals surface area contributed by atoms with Gasteiger partial charge in [-0.25, -0.2) is 4.98 Å². The molecule has 1 aliphatic rings. The highest BCUT2D eigenvalue weighted by Gasteiger charge is 2.16. The van der Waals surface area contributed by atoms with Crippen LogP contribution in [0.2, 0.25) is 0 Å². The van der Waals surface area contributed by atoms with Gasteiger partial charge in [0.15, 0.2) is 16.6 Å². The summed E-state index contributed by atoms with van der Waals surface area (Å²) in [4.78, 5) is 20.4. The number of nitrogens with one attached hydrogen (secondary N) is 2. The van der Waals surface area contributed by atoms with Gasteiger partial charge >= 0.3 is 0 Å². The quantitative estimate of drug-likeness (QED) is 0.495. The molecule has 0 saturated heterocycles. The van der Waals surface area contributed by atoms with E-state index in [1.54, 1.807) is 0 Å². The molecule has 0 radical (unpaired) electrons. The van der Waals surface area contributed by atoms with Crippen molar-refractivity contribution in [1.82, 2.24) is 9.97 Å². The summed E-state index contributed by atoms with van der Waals surface area (Å²) < 4.78 is 10.7. The van der Waals surface area contributed by atoms with E-state index in [0.717, 1.165) is 44.9 Å². The van der Waals surface area contributed by atoms with E-state index in [9.17, 15) is 4.79 Å². The highest BCUT2D eigenvalue weighted by atomic mass is 32.1. The lowest BCUT2D eigenvalue weighted by atomic mass is 10.1. The van der Waals surface area contributed by atoms with Crippen molar-refractivity contribution in [2.45, 2.75) is 19.8 Å². The minimum Gasteiger partial charge on any atom is -0.454 e. The molecule has 0 bridgehead atoms. The van der Waals surface area contributed by atoms with Crippen LogP contribution in [0.15, 0.2) is 47.8 Å². The molecule has 0 spiro atoms. The summed E-state index contributed by atoms with van der Waals surface area (Å²) in [5.74, 6) is 1.43. The number of carbonyl (C=O) groups excluding carboxylic acids is 1. The van der Waals surface area contributed by atoms with Crippen LogP contribution in [0.1, 0.15) is 17.7 Å². The normalized spacial score (nSPS) is 12.4. The molecule has 7 heteroatoms. The second kappa shape index (κ2) is 7.25. The third kappa shape index (κ3) is 3.45. The van der Waals surface area contributed by atoms with E-state index < -0.39 is 0 Å². The summed E-state index contributed by atoms with van der Waals surface area (Å²) in [6.07, 6.45) is 1.00. The standard InChI is InChI=1S/C22H19N3O3S/c1-13-21(15-4-2-3-5-16(15)23-13)17-11-29-22(24-17)25-20(26)9-7-14-6-8-18-19(10-14)28-12-27-18/h2-6,8,10-11,23H,7,9,12H2,1H3,(H,24,25,26). The first-order chi connectivity index (χ1) is 14.2. The van der Waals surface area contributed by atoms with Crippen molar-refractivity contribution in [2.24, 2.45) is 0 Å². The molecule has 4 aromatic rings. The van der Waals surface area contributed by atoms with E-state index in [0.29, 0.717) is 18.0 Å². The third-order valence-electron chi connectivity index (χ3n) is 4.98. The van der Waals surface area contributed by atoms with Gasteiger partial charge < -0.3 is 19.8 Å². The molecule has 2 aromatic heterocycles. The molecule has 0 saturated carbocycles. The van der Waals surface area contributed by atoms with Crippen molar-refractivity contribution in [3.63, 3.8) is 0 Å². The zero-order valence-electron chi connectivity index (χ0n) is 15.8. The Kier molecular flexibility index (Phi) is 4.44. The molecule has 3 heterocycles. The van der Waals surface area contributed by atoms with Crippen LogP contribution >= 0.6 is 11.3 Å². The van der Waals surface area contributed by atoms with Gasteiger partial charge in [0.05, 0.1) is 5.69 Å². The molecule has 146 valence electrons. The van der Waals surface area contributed by atoms with Gasteiger partial charge in [0.2, 0.25) is 12.7 Å². The number of nitrogens with zero attached hydrogens (tertiary/aromatic N) is 1. The van der Waals surface area contributed by atoms with Gasteiger partial charge in [-0.2, -0.15) is 0 Å². The van der Waals surface area contributed by atoms with Gasteiger partial charge in [-0.05, 0) is 37.1 Å². The number of H-pyrrole nitrogens is 1. The third-order valence-corrected chi connectivity index (χ3v) is 5.74. The van der Waals surface area contributed by atoms with Gasteiger partial charge in [-0.15, -0.1) is 11.3 Å². The minimum atomic E-state index is -0.0563. The Morgan fingerprint density at radius 2 is 2.07 bits per heavy atom.